The van der Waals surface area contributed by atoms with E-state index >= 15 is 0 Å². The Morgan fingerprint density at radius 2 is 1.46 bits per heavy atom. The molecule has 0 bridgehead atoms. The van der Waals surface area contributed by atoms with Gasteiger partial charge in [-0.3, -0.25) is 13.9 Å². The topological polar surface area (TPSA) is 117 Å². The maximum absolute atomic E-state index is 13.3. The Hall–Kier alpha value is -4.67. The summed E-state index contributed by atoms with van der Waals surface area (Å²) < 4.78 is 33.2. The molecule has 0 spiro atoms. The fourth-order valence-corrected chi connectivity index (χ4v) is 5.18. The first-order chi connectivity index (χ1) is 19.8. The lowest BCUT2D eigenvalue weighted by molar-refractivity contribution is -0.123. The van der Waals surface area contributed by atoms with Crippen LogP contribution in [0.5, 0.6) is 5.75 Å². The normalized spacial score (nSPS) is 11.1. The van der Waals surface area contributed by atoms with Crippen LogP contribution in [0.4, 0.5) is 5.69 Å². The largest absolute Gasteiger partial charge is 0.484 e. The van der Waals surface area contributed by atoms with Crippen LogP contribution in [0, 0.1) is 0 Å². The highest BCUT2D eigenvalue weighted by atomic mass is 35.5. The highest BCUT2D eigenvalue weighted by Gasteiger charge is 2.27. The lowest BCUT2D eigenvalue weighted by atomic mass is 10.2. The Balaban J connectivity index is 1.31. The van der Waals surface area contributed by atoms with Crippen LogP contribution in [0.1, 0.15) is 11.1 Å². The number of halogens is 1. The van der Waals surface area contributed by atoms with E-state index in [1.807, 2.05) is 30.3 Å². The second kappa shape index (κ2) is 14.1. The van der Waals surface area contributed by atoms with Crippen molar-refractivity contribution in [1.82, 2.24) is 10.7 Å². The molecule has 0 heterocycles. The second-order valence-corrected chi connectivity index (χ2v) is 11.0. The zero-order chi connectivity index (χ0) is 29.1. The molecule has 0 atom stereocenters. The number of nitrogens with zero attached hydrogens (tertiary/aromatic N) is 2. The van der Waals surface area contributed by atoms with Gasteiger partial charge in [0.15, 0.2) is 6.61 Å². The van der Waals surface area contributed by atoms with Crippen LogP contribution in [-0.4, -0.2) is 39.6 Å². The number of rotatable bonds is 12. The van der Waals surface area contributed by atoms with Crippen molar-refractivity contribution in [1.29, 1.82) is 0 Å². The van der Waals surface area contributed by atoms with Crippen LogP contribution in [-0.2, 0) is 26.2 Å². The molecule has 0 unspecified atom stereocenters. The number of amides is 2. The van der Waals surface area contributed by atoms with E-state index < -0.39 is 22.5 Å². The van der Waals surface area contributed by atoms with Gasteiger partial charge in [0.05, 0.1) is 16.8 Å². The minimum absolute atomic E-state index is 0.00182. The monoisotopic (exact) mass is 590 g/mol. The molecule has 11 heteroatoms. The van der Waals surface area contributed by atoms with Crippen molar-refractivity contribution in [2.24, 2.45) is 5.10 Å². The van der Waals surface area contributed by atoms with Crippen molar-refractivity contribution in [3.05, 3.63) is 125 Å². The molecule has 0 saturated heterocycles. The fraction of sp³-hybridized carbons (Fsp3) is 0.100. The van der Waals surface area contributed by atoms with E-state index in [2.05, 4.69) is 15.8 Å². The van der Waals surface area contributed by atoms with Crippen molar-refractivity contribution < 1.29 is 22.7 Å². The molecular formula is C30H27ClN4O5S. The molecule has 0 aliphatic heterocycles. The summed E-state index contributed by atoms with van der Waals surface area (Å²) in [6.07, 6.45) is 1.41. The average molecular weight is 591 g/mol. The molecule has 0 aromatic heterocycles. The molecule has 210 valence electrons. The number of nitrogens with one attached hydrogen (secondary N) is 2. The van der Waals surface area contributed by atoms with Gasteiger partial charge in [0, 0.05) is 11.6 Å². The van der Waals surface area contributed by atoms with Crippen molar-refractivity contribution in [3.8, 4) is 5.75 Å². The summed E-state index contributed by atoms with van der Waals surface area (Å²) in [6.45, 7) is -0.209. The van der Waals surface area contributed by atoms with Crippen LogP contribution in [0.15, 0.2) is 119 Å². The first-order valence-corrected chi connectivity index (χ1v) is 14.3. The Bertz CT molecular complexity index is 1580. The summed E-state index contributed by atoms with van der Waals surface area (Å²) in [5, 5.41) is 7.13. The van der Waals surface area contributed by atoms with E-state index in [9.17, 15) is 18.0 Å². The average Bonchev–Trinajstić information content (AvgIpc) is 2.99. The lowest BCUT2D eigenvalue weighted by Gasteiger charge is -2.23. The molecule has 4 aromatic carbocycles. The van der Waals surface area contributed by atoms with Crippen LogP contribution in [0.25, 0.3) is 0 Å². The van der Waals surface area contributed by atoms with Gasteiger partial charge in [-0.25, -0.2) is 13.8 Å². The lowest BCUT2D eigenvalue weighted by Crippen LogP contribution is -2.39. The standard InChI is InChI=1S/C30H27ClN4O5S/c31-25-13-17-28(18-14-25)41(38,39)35(26-9-5-2-6-10-26)21-29(36)34-33-20-24-11-15-27(16-12-24)40-22-30(37)32-19-23-7-3-1-4-8-23/h1-18,20H,19,21-22H2,(H,32,37)(H,34,36)/b33-20-. The van der Waals surface area contributed by atoms with E-state index in [1.165, 1.54) is 30.5 Å². The number of hydrogen-bond acceptors (Lipinski definition) is 6. The van der Waals surface area contributed by atoms with E-state index in [1.54, 1.807) is 54.6 Å². The second-order valence-electron chi connectivity index (χ2n) is 8.71. The third-order valence-corrected chi connectivity index (χ3v) is 7.76. The Morgan fingerprint density at radius 1 is 0.829 bits per heavy atom. The number of para-hydroxylation sites is 1. The number of sulfonamides is 1. The molecule has 2 N–H and O–H groups in total. The molecule has 4 aromatic rings. The van der Waals surface area contributed by atoms with Crippen LogP contribution in [0.2, 0.25) is 5.02 Å². The van der Waals surface area contributed by atoms with E-state index in [4.69, 9.17) is 16.3 Å². The van der Waals surface area contributed by atoms with Gasteiger partial charge in [-0.2, -0.15) is 5.10 Å². The Labute approximate surface area is 243 Å². The van der Waals surface area contributed by atoms with Gasteiger partial charge in [0.25, 0.3) is 21.8 Å². The Morgan fingerprint density at radius 3 is 2.12 bits per heavy atom. The predicted octanol–water partition coefficient (Wildman–Crippen LogP) is 4.38. The number of ether oxygens (including phenoxy) is 1. The van der Waals surface area contributed by atoms with Gasteiger partial charge in [0.1, 0.15) is 12.3 Å². The van der Waals surface area contributed by atoms with E-state index in [-0.39, 0.29) is 17.4 Å². The van der Waals surface area contributed by atoms with Gasteiger partial charge in [0.2, 0.25) is 0 Å². The summed E-state index contributed by atoms with van der Waals surface area (Å²) in [4.78, 5) is 24.7. The molecule has 0 aliphatic carbocycles. The third-order valence-electron chi connectivity index (χ3n) is 5.72. The van der Waals surface area contributed by atoms with Gasteiger partial charge in [-0.05, 0) is 71.8 Å². The molecule has 0 saturated carbocycles. The number of carbonyl (C=O) groups excluding carboxylic acids is 2. The molecule has 9 nitrogen and oxygen atoms in total. The van der Waals surface area contributed by atoms with Gasteiger partial charge in [-0.15, -0.1) is 0 Å². The number of hydrogen-bond donors (Lipinski definition) is 2. The minimum atomic E-state index is -4.06. The summed E-state index contributed by atoms with van der Waals surface area (Å²) in [7, 11) is -4.06. The maximum atomic E-state index is 13.3. The Kier molecular flexibility index (Phi) is 10.1. The summed E-state index contributed by atoms with van der Waals surface area (Å²) in [6, 6.07) is 30.3. The number of anilines is 1. The molecule has 0 radical (unpaired) electrons. The zero-order valence-electron chi connectivity index (χ0n) is 21.8. The summed E-state index contributed by atoms with van der Waals surface area (Å²) in [5.41, 5.74) is 4.34. The first-order valence-electron chi connectivity index (χ1n) is 12.5. The number of carbonyl (C=O) groups is 2. The molecule has 4 rings (SSSR count). The number of benzene rings is 4. The summed E-state index contributed by atoms with van der Waals surface area (Å²) in [5.74, 6) is -0.388. The van der Waals surface area contributed by atoms with Crippen molar-refractivity contribution in [3.63, 3.8) is 0 Å². The smallest absolute Gasteiger partial charge is 0.264 e. The fourth-order valence-electron chi connectivity index (χ4n) is 3.63. The van der Waals surface area contributed by atoms with Crippen LogP contribution in [0.3, 0.4) is 0 Å². The number of hydrazone groups is 1. The SMILES string of the molecule is O=C(COc1ccc(/C=N\NC(=O)CN(c2ccccc2)S(=O)(=O)c2ccc(Cl)cc2)cc1)NCc1ccccc1. The molecule has 0 fully saturated rings. The molecule has 41 heavy (non-hydrogen) atoms. The molecule has 2 amide bonds. The zero-order valence-corrected chi connectivity index (χ0v) is 23.4. The minimum Gasteiger partial charge on any atom is -0.484 e. The first kappa shape index (κ1) is 29.3. The van der Waals surface area contributed by atoms with Crippen molar-refractivity contribution >= 4 is 45.3 Å². The highest BCUT2D eigenvalue weighted by Crippen LogP contribution is 2.24. The third kappa shape index (κ3) is 8.66. The van der Waals surface area contributed by atoms with Crippen LogP contribution < -0.4 is 19.8 Å². The quantitative estimate of drug-likeness (QED) is 0.188. The van der Waals surface area contributed by atoms with Crippen molar-refractivity contribution in [2.75, 3.05) is 17.5 Å². The van der Waals surface area contributed by atoms with Crippen molar-refractivity contribution in [2.45, 2.75) is 11.4 Å². The van der Waals surface area contributed by atoms with Gasteiger partial charge in [-0.1, -0.05) is 60.1 Å². The van der Waals surface area contributed by atoms with E-state index in [0.717, 1.165) is 9.87 Å². The summed E-state index contributed by atoms with van der Waals surface area (Å²) >= 11 is 5.91. The van der Waals surface area contributed by atoms with Gasteiger partial charge >= 0.3 is 0 Å². The highest BCUT2D eigenvalue weighted by molar-refractivity contribution is 7.92. The van der Waals surface area contributed by atoms with E-state index in [0.29, 0.717) is 28.6 Å². The predicted molar refractivity (Wildman–Crippen MR) is 158 cm³/mol. The van der Waals surface area contributed by atoms with Crippen LogP contribution >= 0.6 is 11.6 Å². The van der Waals surface area contributed by atoms with Gasteiger partial charge < -0.3 is 10.1 Å². The molecular weight excluding hydrogens is 564 g/mol. The molecule has 0 aliphatic rings. The maximum Gasteiger partial charge on any atom is 0.264 e.